The highest BCUT2D eigenvalue weighted by Crippen LogP contribution is 2.29. The molecule has 7 heteroatoms. The molecule has 0 amide bonds. The first-order valence-corrected chi connectivity index (χ1v) is 8.47. The fraction of sp³-hybridized carbons (Fsp3) is 0. The zero-order chi connectivity index (χ0) is 16.4. The van der Waals surface area contributed by atoms with Crippen molar-refractivity contribution in [1.82, 2.24) is 4.98 Å². The molecule has 0 unspecified atom stereocenters. The van der Waals surface area contributed by atoms with Crippen LogP contribution in [0, 0.1) is 0 Å². The summed E-state index contributed by atoms with van der Waals surface area (Å²) in [5, 5.41) is 5.02. The molecule has 1 heterocycles. The van der Waals surface area contributed by atoms with Gasteiger partial charge >= 0.3 is 0 Å². The van der Waals surface area contributed by atoms with Gasteiger partial charge in [-0.15, -0.1) is 0 Å². The highest BCUT2D eigenvalue weighted by Gasteiger charge is 2.15. The Morgan fingerprint density at radius 3 is 2.52 bits per heavy atom. The lowest BCUT2D eigenvalue weighted by Gasteiger charge is -2.03. The summed E-state index contributed by atoms with van der Waals surface area (Å²) < 4.78 is 0. The SMILES string of the molecule is O=C(c1ccc(Cl)c(Cl)c1)c1cnc(Nc2ccccc2Cl)s1. The number of ketones is 1. The molecule has 3 rings (SSSR count). The number of nitrogens with zero attached hydrogens (tertiary/aromatic N) is 1. The lowest BCUT2D eigenvalue weighted by molar-refractivity contribution is 0.104. The van der Waals surface area contributed by atoms with E-state index in [0.29, 0.717) is 30.6 Å². The van der Waals surface area contributed by atoms with Gasteiger partial charge in [0, 0.05) is 5.56 Å². The number of thiazole rings is 1. The second kappa shape index (κ2) is 6.89. The van der Waals surface area contributed by atoms with Crippen LogP contribution in [-0.2, 0) is 0 Å². The normalized spacial score (nSPS) is 10.6. The second-order valence-electron chi connectivity index (χ2n) is 4.59. The minimum Gasteiger partial charge on any atom is -0.330 e. The fourth-order valence-corrected chi connectivity index (χ4v) is 3.17. The van der Waals surface area contributed by atoms with Crippen LogP contribution in [0.3, 0.4) is 0 Å². The van der Waals surface area contributed by atoms with E-state index in [2.05, 4.69) is 10.3 Å². The average molecular weight is 384 g/mol. The van der Waals surface area contributed by atoms with Gasteiger partial charge in [-0.25, -0.2) is 4.98 Å². The van der Waals surface area contributed by atoms with Gasteiger partial charge in [-0.1, -0.05) is 58.3 Å². The summed E-state index contributed by atoms with van der Waals surface area (Å²) in [5.74, 6) is -0.159. The molecular weight excluding hydrogens is 375 g/mol. The molecule has 116 valence electrons. The molecule has 0 atom stereocenters. The Kier molecular flexibility index (Phi) is 4.87. The number of aromatic nitrogens is 1. The number of carbonyl (C=O) groups excluding carboxylic acids is 1. The van der Waals surface area contributed by atoms with Gasteiger partial charge in [0.1, 0.15) is 0 Å². The Labute approximate surface area is 151 Å². The van der Waals surface area contributed by atoms with E-state index in [1.807, 2.05) is 18.2 Å². The molecular formula is C16H9Cl3N2OS. The van der Waals surface area contributed by atoms with Gasteiger partial charge in [0.05, 0.1) is 31.8 Å². The number of rotatable bonds is 4. The lowest BCUT2D eigenvalue weighted by Crippen LogP contribution is -1.98. The average Bonchev–Trinajstić information content (AvgIpc) is 3.00. The Balaban J connectivity index is 1.82. The van der Waals surface area contributed by atoms with Gasteiger partial charge in [-0.2, -0.15) is 0 Å². The van der Waals surface area contributed by atoms with E-state index in [1.165, 1.54) is 17.5 Å². The number of hydrogen-bond acceptors (Lipinski definition) is 4. The van der Waals surface area contributed by atoms with E-state index in [0.717, 1.165) is 5.69 Å². The van der Waals surface area contributed by atoms with E-state index in [9.17, 15) is 4.79 Å². The van der Waals surface area contributed by atoms with Gasteiger partial charge in [0.25, 0.3) is 0 Å². The first kappa shape index (κ1) is 16.3. The minimum absolute atomic E-state index is 0.159. The maximum absolute atomic E-state index is 12.5. The van der Waals surface area contributed by atoms with Crippen LogP contribution in [0.5, 0.6) is 0 Å². The molecule has 0 saturated carbocycles. The van der Waals surface area contributed by atoms with E-state index in [1.54, 1.807) is 24.3 Å². The van der Waals surface area contributed by atoms with Gasteiger partial charge in [-0.05, 0) is 30.3 Å². The van der Waals surface area contributed by atoms with Crippen molar-refractivity contribution in [3.05, 3.63) is 74.2 Å². The smallest absolute Gasteiger partial charge is 0.204 e. The molecule has 0 bridgehead atoms. The van der Waals surface area contributed by atoms with Crippen LogP contribution in [0.4, 0.5) is 10.8 Å². The highest BCUT2D eigenvalue weighted by molar-refractivity contribution is 7.17. The van der Waals surface area contributed by atoms with Gasteiger partial charge in [0.2, 0.25) is 5.78 Å². The molecule has 3 nitrogen and oxygen atoms in total. The van der Waals surface area contributed by atoms with Crippen molar-refractivity contribution in [2.24, 2.45) is 0 Å². The first-order valence-electron chi connectivity index (χ1n) is 6.52. The lowest BCUT2D eigenvalue weighted by atomic mass is 10.1. The highest BCUT2D eigenvalue weighted by atomic mass is 35.5. The Hall–Kier alpha value is -1.59. The third kappa shape index (κ3) is 3.67. The third-order valence-electron chi connectivity index (χ3n) is 3.03. The summed E-state index contributed by atoms with van der Waals surface area (Å²) in [6, 6.07) is 12.1. The monoisotopic (exact) mass is 382 g/mol. The van der Waals surface area contributed by atoms with E-state index < -0.39 is 0 Å². The van der Waals surface area contributed by atoms with Gasteiger partial charge in [-0.3, -0.25) is 4.79 Å². The third-order valence-corrected chi connectivity index (χ3v) is 5.01. The largest absolute Gasteiger partial charge is 0.330 e. The minimum atomic E-state index is -0.159. The van der Waals surface area contributed by atoms with Crippen molar-refractivity contribution in [3.63, 3.8) is 0 Å². The van der Waals surface area contributed by atoms with Crippen molar-refractivity contribution in [2.45, 2.75) is 0 Å². The molecule has 0 aliphatic rings. The number of nitrogens with one attached hydrogen (secondary N) is 1. The number of carbonyl (C=O) groups is 1. The number of halogens is 3. The van der Waals surface area contributed by atoms with E-state index in [4.69, 9.17) is 34.8 Å². The first-order chi connectivity index (χ1) is 11.0. The van der Waals surface area contributed by atoms with Gasteiger partial charge in [0.15, 0.2) is 5.13 Å². The Morgan fingerprint density at radius 1 is 1.00 bits per heavy atom. The quantitative estimate of drug-likeness (QED) is 0.555. The maximum Gasteiger partial charge on any atom is 0.204 e. The zero-order valence-corrected chi connectivity index (χ0v) is 14.6. The molecule has 1 aromatic heterocycles. The number of anilines is 2. The Morgan fingerprint density at radius 2 is 1.78 bits per heavy atom. The zero-order valence-electron chi connectivity index (χ0n) is 11.5. The van der Waals surface area contributed by atoms with Crippen molar-refractivity contribution in [2.75, 3.05) is 5.32 Å². The predicted octanol–water partition coefficient (Wildman–Crippen LogP) is 6.08. The summed E-state index contributed by atoms with van der Waals surface area (Å²) in [5.41, 5.74) is 1.20. The van der Waals surface area contributed by atoms with Gasteiger partial charge < -0.3 is 5.32 Å². The van der Waals surface area contributed by atoms with Crippen LogP contribution < -0.4 is 5.32 Å². The summed E-state index contributed by atoms with van der Waals surface area (Å²) in [6.07, 6.45) is 1.52. The van der Waals surface area contributed by atoms with Crippen LogP contribution >= 0.6 is 46.1 Å². The molecule has 23 heavy (non-hydrogen) atoms. The molecule has 0 saturated heterocycles. The number of para-hydroxylation sites is 1. The van der Waals surface area contributed by atoms with Crippen LogP contribution in [0.25, 0.3) is 0 Å². The van der Waals surface area contributed by atoms with Crippen LogP contribution in [-0.4, -0.2) is 10.8 Å². The van der Waals surface area contributed by atoms with Crippen molar-refractivity contribution in [3.8, 4) is 0 Å². The van der Waals surface area contributed by atoms with Crippen LogP contribution in [0.1, 0.15) is 15.2 Å². The van der Waals surface area contributed by atoms with Crippen LogP contribution in [0.15, 0.2) is 48.7 Å². The maximum atomic E-state index is 12.5. The summed E-state index contributed by atoms with van der Waals surface area (Å²) in [4.78, 5) is 17.2. The Bertz CT molecular complexity index is 879. The number of hydrogen-bond donors (Lipinski definition) is 1. The molecule has 0 fully saturated rings. The molecule has 0 aliphatic heterocycles. The molecule has 3 aromatic rings. The van der Waals surface area contributed by atoms with E-state index >= 15 is 0 Å². The number of benzene rings is 2. The van der Waals surface area contributed by atoms with Crippen LogP contribution in [0.2, 0.25) is 15.1 Å². The summed E-state index contributed by atoms with van der Waals surface area (Å²) >= 11 is 19.2. The molecule has 2 aromatic carbocycles. The standard InChI is InChI=1S/C16H9Cl3N2OS/c17-10-6-5-9(7-12(10)19)15(22)14-8-20-16(23-14)21-13-4-2-1-3-11(13)18/h1-8H,(H,20,21). The van der Waals surface area contributed by atoms with Crippen molar-refractivity contribution in [1.29, 1.82) is 0 Å². The second-order valence-corrected chi connectivity index (χ2v) is 6.84. The molecule has 0 spiro atoms. The predicted molar refractivity (Wildman–Crippen MR) is 96.7 cm³/mol. The summed E-state index contributed by atoms with van der Waals surface area (Å²) in [7, 11) is 0. The fourth-order valence-electron chi connectivity index (χ4n) is 1.89. The molecule has 0 radical (unpaired) electrons. The topological polar surface area (TPSA) is 42.0 Å². The van der Waals surface area contributed by atoms with E-state index in [-0.39, 0.29) is 5.78 Å². The molecule has 1 N–H and O–H groups in total. The molecule has 0 aliphatic carbocycles. The summed E-state index contributed by atoms with van der Waals surface area (Å²) in [6.45, 7) is 0. The van der Waals surface area contributed by atoms with Crippen molar-refractivity contribution < 1.29 is 4.79 Å². The van der Waals surface area contributed by atoms with Crippen molar-refractivity contribution >= 4 is 62.7 Å².